The van der Waals surface area contributed by atoms with Crippen LogP contribution >= 0.6 is 0 Å². The number of benzene rings is 1. The number of amides is 2. The monoisotopic (exact) mass is 276 g/mol. The summed E-state index contributed by atoms with van der Waals surface area (Å²) < 4.78 is 4.87. The smallest absolute Gasteiger partial charge is 0.331 e. The molecule has 0 aromatic heterocycles. The van der Waals surface area contributed by atoms with Crippen molar-refractivity contribution < 1.29 is 19.1 Å². The Balaban J connectivity index is 2.61. The van der Waals surface area contributed by atoms with Crippen molar-refractivity contribution in [3.05, 3.63) is 42.0 Å². The van der Waals surface area contributed by atoms with E-state index in [2.05, 4.69) is 5.32 Å². The third-order valence-electron chi connectivity index (χ3n) is 2.40. The lowest BCUT2D eigenvalue weighted by Crippen LogP contribution is -2.29. The maximum Gasteiger partial charge on any atom is 0.331 e. The minimum atomic E-state index is -0.922. The number of nitrogens with two attached hydrogens (primary N) is 1. The quantitative estimate of drug-likeness (QED) is 0.624. The number of hydrogen-bond donors (Lipinski definition) is 2. The Morgan fingerprint density at radius 1 is 1.25 bits per heavy atom. The number of esters is 1. The minimum absolute atomic E-state index is 0.343. The summed E-state index contributed by atoms with van der Waals surface area (Å²) in [4.78, 5) is 33.9. The van der Waals surface area contributed by atoms with E-state index in [9.17, 15) is 14.4 Å². The Labute approximate surface area is 116 Å². The van der Waals surface area contributed by atoms with Gasteiger partial charge in [-0.25, -0.2) is 4.79 Å². The summed E-state index contributed by atoms with van der Waals surface area (Å²) in [5.41, 5.74) is 5.93. The second-order valence-electron chi connectivity index (χ2n) is 4.01. The predicted octanol–water partition coefficient (Wildman–Crippen LogP) is 1.23. The third kappa shape index (κ3) is 4.56. The van der Waals surface area contributed by atoms with Crippen molar-refractivity contribution in [2.45, 2.75) is 20.0 Å². The summed E-state index contributed by atoms with van der Waals surface area (Å²) in [6.07, 6.45) is 1.83. The van der Waals surface area contributed by atoms with Gasteiger partial charge in [0, 0.05) is 17.3 Å². The fourth-order valence-corrected chi connectivity index (χ4v) is 1.36. The van der Waals surface area contributed by atoms with Crippen molar-refractivity contribution in [1.29, 1.82) is 0 Å². The standard InChI is InChI=1S/C14H16N2O4/c1-3-4-12(17)20-9(2)14(19)16-11-7-5-10(6-8-11)13(15)18/h3-9H,1-2H3,(H2,15,18)(H,16,19)/b4-3+. The van der Waals surface area contributed by atoms with Crippen LogP contribution in [0.2, 0.25) is 0 Å². The number of rotatable bonds is 5. The van der Waals surface area contributed by atoms with Gasteiger partial charge in [-0.3, -0.25) is 9.59 Å². The van der Waals surface area contributed by atoms with Gasteiger partial charge in [-0.2, -0.15) is 0 Å². The molecule has 0 heterocycles. The average Bonchev–Trinajstić information content (AvgIpc) is 2.39. The van der Waals surface area contributed by atoms with Crippen LogP contribution in [-0.2, 0) is 14.3 Å². The molecule has 1 aromatic rings. The van der Waals surface area contributed by atoms with E-state index < -0.39 is 23.9 Å². The van der Waals surface area contributed by atoms with E-state index in [0.29, 0.717) is 11.3 Å². The molecule has 6 heteroatoms. The van der Waals surface area contributed by atoms with E-state index in [1.54, 1.807) is 19.1 Å². The summed E-state index contributed by atoms with van der Waals surface area (Å²) >= 11 is 0. The third-order valence-corrected chi connectivity index (χ3v) is 2.40. The Bertz CT molecular complexity index is 535. The predicted molar refractivity (Wildman–Crippen MR) is 74.0 cm³/mol. The number of primary amides is 1. The molecule has 1 aromatic carbocycles. The number of carbonyl (C=O) groups excluding carboxylic acids is 3. The number of allylic oxidation sites excluding steroid dienone is 1. The zero-order valence-electron chi connectivity index (χ0n) is 11.3. The first kappa shape index (κ1) is 15.4. The molecule has 0 aliphatic heterocycles. The molecule has 0 spiro atoms. The van der Waals surface area contributed by atoms with E-state index in [-0.39, 0.29) is 0 Å². The lowest BCUT2D eigenvalue weighted by atomic mass is 10.2. The van der Waals surface area contributed by atoms with Crippen LogP contribution in [0.1, 0.15) is 24.2 Å². The van der Waals surface area contributed by atoms with Gasteiger partial charge in [0.1, 0.15) is 0 Å². The highest BCUT2D eigenvalue weighted by Gasteiger charge is 2.16. The van der Waals surface area contributed by atoms with Crippen molar-refractivity contribution in [2.24, 2.45) is 5.73 Å². The number of hydrogen-bond acceptors (Lipinski definition) is 4. The van der Waals surface area contributed by atoms with E-state index in [1.807, 2.05) is 0 Å². The number of anilines is 1. The first-order valence-electron chi connectivity index (χ1n) is 5.98. The molecule has 0 saturated carbocycles. The Hall–Kier alpha value is -2.63. The highest BCUT2D eigenvalue weighted by molar-refractivity contribution is 5.97. The Morgan fingerprint density at radius 2 is 1.85 bits per heavy atom. The Morgan fingerprint density at radius 3 is 2.35 bits per heavy atom. The summed E-state index contributed by atoms with van der Waals surface area (Å²) in [5, 5.41) is 2.56. The Kier molecular flexibility index (Phi) is 5.46. The molecular formula is C14H16N2O4. The number of carbonyl (C=O) groups is 3. The van der Waals surface area contributed by atoms with Gasteiger partial charge in [0.25, 0.3) is 5.91 Å². The average molecular weight is 276 g/mol. The van der Waals surface area contributed by atoms with Crippen LogP contribution in [0.4, 0.5) is 5.69 Å². The van der Waals surface area contributed by atoms with Crippen LogP contribution in [0.25, 0.3) is 0 Å². The molecule has 1 rings (SSSR count). The van der Waals surface area contributed by atoms with Crippen LogP contribution in [-0.4, -0.2) is 23.9 Å². The van der Waals surface area contributed by atoms with Crippen LogP contribution in [0.15, 0.2) is 36.4 Å². The van der Waals surface area contributed by atoms with Gasteiger partial charge in [-0.15, -0.1) is 0 Å². The summed E-state index contributed by atoms with van der Waals surface area (Å²) in [7, 11) is 0. The fraction of sp³-hybridized carbons (Fsp3) is 0.214. The SMILES string of the molecule is C/C=C/C(=O)OC(C)C(=O)Nc1ccc(C(N)=O)cc1. The van der Waals surface area contributed by atoms with E-state index >= 15 is 0 Å². The highest BCUT2D eigenvalue weighted by atomic mass is 16.5. The van der Waals surface area contributed by atoms with Gasteiger partial charge in [0.2, 0.25) is 5.91 Å². The van der Waals surface area contributed by atoms with Crippen molar-refractivity contribution in [3.8, 4) is 0 Å². The summed E-state index contributed by atoms with van der Waals surface area (Å²) in [6.45, 7) is 3.14. The maximum atomic E-state index is 11.8. The van der Waals surface area contributed by atoms with Gasteiger partial charge in [0.15, 0.2) is 6.10 Å². The van der Waals surface area contributed by atoms with Crippen LogP contribution in [0.5, 0.6) is 0 Å². The molecule has 0 aliphatic rings. The van der Waals surface area contributed by atoms with Crippen molar-refractivity contribution in [2.75, 3.05) is 5.32 Å². The van der Waals surface area contributed by atoms with Gasteiger partial charge in [-0.05, 0) is 38.1 Å². The molecule has 106 valence electrons. The molecule has 1 atom stereocenters. The van der Waals surface area contributed by atoms with Gasteiger partial charge < -0.3 is 15.8 Å². The summed E-state index contributed by atoms with van der Waals surface area (Å²) in [6, 6.07) is 6.07. The second kappa shape index (κ2) is 7.08. The van der Waals surface area contributed by atoms with E-state index in [0.717, 1.165) is 0 Å². The lowest BCUT2D eigenvalue weighted by molar-refractivity contribution is -0.148. The number of nitrogens with one attached hydrogen (secondary N) is 1. The van der Waals surface area contributed by atoms with E-state index in [1.165, 1.54) is 31.2 Å². The molecule has 3 N–H and O–H groups in total. The molecule has 0 saturated heterocycles. The number of ether oxygens (including phenoxy) is 1. The topological polar surface area (TPSA) is 98.5 Å². The van der Waals surface area contributed by atoms with E-state index in [4.69, 9.17) is 10.5 Å². The molecule has 20 heavy (non-hydrogen) atoms. The van der Waals surface area contributed by atoms with Crippen molar-refractivity contribution >= 4 is 23.5 Å². The van der Waals surface area contributed by atoms with Crippen molar-refractivity contribution in [1.82, 2.24) is 0 Å². The normalized spacial score (nSPS) is 11.9. The molecule has 0 radical (unpaired) electrons. The summed E-state index contributed by atoms with van der Waals surface area (Å²) in [5.74, 6) is -1.59. The highest BCUT2D eigenvalue weighted by Crippen LogP contribution is 2.10. The zero-order valence-corrected chi connectivity index (χ0v) is 11.3. The first-order chi connectivity index (χ1) is 9.43. The first-order valence-corrected chi connectivity index (χ1v) is 5.98. The lowest BCUT2D eigenvalue weighted by Gasteiger charge is -2.12. The molecule has 0 aliphatic carbocycles. The molecule has 1 unspecified atom stereocenters. The molecule has 0 bridgehead atoms. The van der Waals surface area contributed by atoms with Crippen LogP contribution < -0.4 is 11.1 Å². The molecular weight excluding hydrogens is 260 g/mol. The fourth-order valence-electron chi connectivity index (χ4n) is 1.36. The van der Waals surface area contributed by atoms with Gasteiger partial charge in [-0.1, -0.05) is 6.08 Å². The molecule has 2 amide bonds. The zero-order chi connectivity index (χ0) is 15.1. The second-order valence-corrected chi connectivity index (χ2v) is 4.01. The van der Waals surface area contributed by atoms with Crippen LogP contribution in [0, 0.1) is 0 Å². The maximum absolute atomic E-state index is 11.8. The van der Waals surface area contributed by atoms with Gasteiger partial charge in [0.05, 0.1) is 0 Å². The van der Waals surface area contributed by atoms with Crippen molar-refractivity contribution in [3.63, 3.8) is 0 Å². The van der Waals surface area contributed by atoms with Crippen LogP contribution in [0.3, 0.4) is 0 Å². The largest absolute Gasteiger partial charge is 0.449 e. The molecule has 6 nitrogen and oxygen atoms in total. The minimum Gasteiger partial charge on any atom is -0.449 e. The molecule has 0 fully saturated rings. The van der Waals surface area contributed by atoms with Gasteiger partial charge >= 0.3 is 5.97 Å².